The summed E-state index contributed by atoms with van der Waals surface area (Å²) in [4.78, 5) is 25.5. The molecule has 2 heterocycles. The number of halogens is 1. The molecule has 152 valence electrons. The van der Waals surface area contributed by atoms with Crippen LogP contribution in [0.25, 0.3) is 5.69 Å². The number of benzene rings is 1. The third-order valence-corrected chi connectivity index (χ3v) is 4.58. The molecule has 1 atom stereocenters. The summed E-state index contributed by atoms with van der Waals surface area (Å²) >= 11 is 0. The molecule has 1 aliphatic rings. The monoisotopic (exact) mass is 408 g/mol. The van der Waals surface area contributed by atoms with Crippen molar-refractivity contribution in [2.75, 3.05) is 13.1 Å². The molecule has 0 radical (unpaired) electrons. The number of aliphatic carboxylic acids is 1. The van der Waals surface area contributed by atoms with Crippen molar-refractivity contribution in [3.63, 3.8) is 0 Å². The molecule has 0 aliphatic carbocycles. The van der Waals surface area contributed by atoms with Crippen molar-refractivity contribution in [2.45, 2.75) is 39.7 Å². The van der Waals surface area contributed by atoms with Gasteiger partial charge in [-0.1, -0.05) is 12.1 Å². The van der Waals surface area contributed by atoms with Crippen LogP contribution in [-0.2, 0) is 11.2 Å². The number of likely N-dealkylation sites (tertiary alicyclic amines) is 1. The number of amides is 1. The summed E-state index contributed by atoms with van der Waals surface area (Å²) < 4.78 is 7.30. The van der Waals surface area contributed by atoms with Crippen molar-refractivity contribution in [1.29, 1.82) is 0 Å². The normalized spacial score (nSPS) is 16.1. The van der Waals surface area contributed by atoms with E-state index in [0.29, 0.717) is 25.1 Å². The Morgan fingerprint density at radius 1 is 1.29 bits per heavy atom. The minimum atomic E-state index is -0.867. The molecule has 1 fully saturated rings. The topological polar surface area (TPSA) is 97.5 Å². The summed E-state index contributed by atoms with van der Waals surface area (Å²) in [6, 6.07) is 7.46. The number of nitrogens with zero attached hydrogens (tertiary/aromatic N) is 4. The lowest BCUT2D eigenvalue weighted by Crippen LogP contribution is -2.31. The Morgan fingerprint density at radius 3 is 2.50 bits per heavy atom. The number of aromatic nitrogens is 3. The minimum absolute atomic E-state index is 0. The second-order valence-electron chi connectivity index (χ2n) is 6.89. The summed E-state index contributed by atoms with van der Waals surface area (Å²) in [6.07, 6.45) is 1.13. The number of carboxylic acid groups (broad SMARTS) is 1. The highest BCUT2D eigenvalue weighted by Gasteiger charge is 2.33. The number of hydrogen-bond donors (Lipinski definition) is 1. The van der Waals surface area contributed by atoms with Gasteiger partial charge in [-0.15, -0.1) is 17.5 Å². The number of rotatable bonds is 6. The Labute approximate surface area is 169 Å². The summed E-state index contributed by atoms with van der Waals surface area (Å²) in [5.41, 5.74) is 1.78. The van der Waals surface area contributed by atoms with E-state index < -0.39 is 11.9 Å². The van der Waals surface area contributed by atoms with E-state index in [1.807, 2.05) is 45.0 Å². The summed E-state index contributed by atoms with van der Waals surface area (Å²) in [5.74, 6) is -0.877. The highest BCUT2D eigenvalue weighted by molar-refractivity contribution is 5.94. The zero-order valence-electron chi connectivity index (χ0n) is 16.2. The van der Waals surface area contributed by atoms with Crippen molar-refractivity contribution in [1.82, 2.24) is 19.9 Å². The summed E-state index contributed by atoms with van der Waals surface area (Å²) in [7, 11) is 0. The predicted molar refractivity (Wildman–Crippen MR) is 105 cm³/mol. The number of ether oxygens (including phenoxy) is 1. The smallest absolute Gasteiger partial charge is 0.308 e. The van der Waals surface area contributed by atoms with E-state index in [4.69, 9.17) is 9.84 Å². The molecule has 1 amide bonds. The Kier molecular flexibility index (Phi) is 7.01. The van der Waals surface area contributed by atoms with Gasteiger partial charge in [-0.3, -0.25) is 9.59 Å². The second kappa shape index (κ2) is 9.05. The van der Waals surface area contributed by atoms with E-state index >= 15 is 0 Å². The van der Waals surface area contributed by atoms with Gasteiger partial charge >= 0.3 is 5.97 Å². The first-order valence-corrected chi connectivity index (χ1v) is 9.14. The van der Waals surface area contributed by atoms with Gasteiger partial charge in [0.15, 0.2) is 5.69 Å². The van der Waals surface area contributed by atoms with Gasteiger partial charge < -0.3 is 14.7 Å². The average Bonchev–Trinajstić information content (AvgIpc) is 3.28. The maximum Gasteiger partial charge on any atom is 0.308 e. The van der Waals surface area contributed by atoms with Crippen LogP contribution in [0.2, 0.25) is 0 Å². The van der Waals surface area contributed by atoms with Gasteiger partial charge in [0.05, 0.1) is 23.4 Å². The van der Waals surface area contributed by atoms with Crippen molar-refractivity contribution in [3.8, 4) is 11.4 Å². The molecule has 0 bridgehead atoms. The molecular weight excluding hydrogens is 384 g/mol. The molecule has 1 aromatic heterocycles. The van der Waals surface area contributed by atoms with E-state index in [2.05, 4.69) is 10.3 Å². The summed E-state index contributed by atoms with van der Waals surface area (Å²) in [5, 5.41) is 17.4. The molecule has 1 N–H and O–H groups in total. The lowest BCUT2D eigenvalue weighted by molar-refractivity contribution is -0.141. The van der Waals surface area contributed by atoms with Crippen LogP contribution in [0.3, 0.4) is 0 Å². The second-order valence-corrected chi connectivity index (χ2v) is 6.89. The molecule has 8 nitrogen and oxygen atoms in total. The first-order chi connectivity index (χ1) is 12.9. The number of carboxylic acids is 1. The highest BCUT2D eigenvalue weighted by Crippen LogP contribution is 2.22. The van der Waals surface area contributed by atoms with E-state index in [0.717, 1.165) is 11.4 Å². The highest BCUT2D eigenvalue weighted by atomic mass is 35.5. The maximum absolute atomic E-state index is 12.8. The standard InChI is InChI=1S/C19H24N4O4.ClH/c1-4-16-17(18(24)22-10-9-13(11-22)19(25)26)20-21-23(16)14-5-7-15(8-6-14)27-12(2)3;/h5-8,12-13H,4,9-11H2,1-3H3,(H,25,26);1H. The van der Waals surface area contributed by atoms with E-state index in [1.165, 1.54) is 0 Å². The van der Waals surface area contributed by atoms with Crippen molar-refractivity contribution >= 4 is 24.3 Å². The fourth-order valence-electron chi connectivity index (χ4n) is 3.23. The Hall–Kier alpha value is -2.61. The van der Waals surface area contributed by atoms with Gasteiger partial charge in [-0.2, -0.15) is 0 Å². The minimum Gasteiger partial charge on any atom is -0.491 e. The Bertz CT molecular complexity index is 835. The first kappa shape index (κ1) is 21.7. The van der Waals surface area contributed by atoms with Crippen LogP contribution in [-0.4, -0.2) is 56.1 Å². The van der Waals surface area contributed by atoms with Crippen molar-refractivity contribution in [3.05, 3.63) is 35.7 Å². The van der Waals surface area contributed by atoms with Crippen LogP contribution in [0.1, 0.15) is 43.4 Å². The van der Waals surface area contributed by atoms with Gasteiger partial charge in [0.2, 0.25) is 0 Å². The number of carbonyl (C=O) groups excluding carboxylic acids is 1. The van der Waals surface area contributed by atoms with Crippen molar-refractivity contribution < 1.29 is 19.4 Å². The Morgan fingerprint density at radius 2 is 1.96 bits per heavy atom. The van der Waals surface area contributed by atoms with Gasteiger partial charge in [0, 0.05) is 13.1 Å². The molecule has 0 spiro atoms. The van der Waals surface area contributed by atoms with Gasteiger partial charge in [-0.25, -0.2) is 4.68 Å². The molecule has 0 saturated carbocycles. The molecule has 1 aliphatic heterocycles. The molecule has 1 unspecified atom stereocenters. The summed E-state index contributed by atoms with van der Waals surface area (Å²) in [6.45, 7) is 6.50. The van der Waals surface area contributed by atoms with Crippen LogP contribution in [0.15, 0.2) is 24.3 Å². The van der Waals surface area contributed by atoms with Crippen LogP contribution in [0.4, 0.5) is 0 Å². The van der Waals surface area contributed by atoms with Crippen molar-refractivity contribution in [2.24, 2.45) is 5.92 Å². The quantitative estimate of drug-likeness (QED) is 0.788. The van der Waals surface area contributed by atoms with Crippen LogP contribution < -0.4 is 4.74 Å². The average molecular weight is 409 g/mol. The van der Waals surface area contributed by atoms with Crippen LogP contribution >= 0.6 is 12.4 Å². The zero-order chi connectivity index (χ0) is 19.6. The third kappa shape index (κ3) is 4.44. The Balaban J connectivity index is 0.00000280. The number of carbonyl (C=O) groups is 2. The van der Waals surface area contributed by atoms with Gasteiger partial charge in [0.1, 0.15) is 5.75 Å². The van der Waals surface area contributed by atoms with E-state index in [9.17, 15) is 9.59 Å². The third-order valence-electron chi connectivity index (χ3n) is 4.58. The molecule has 2 aromatic rings. The molecule has 28 heavy (non-hydrogen) atoms. The lowest BCUT2D eigenvalue weighted by atomic mass is 10.1. The van der Waals surface area contributed by atoms with E-state index in [1.54, 1.807) is 9.58 Å². The zero-order valence-corrected chi connectivity index (χ0v) is 17.0. The van der Waals surface area contributed by atoms with Crippen LogP contribution in [0, 0.1) is 5.92 Å². The van der Waals surface area contributed by atoms with Gasteiger partial charge in [-0.05, 0) is 51.0 Å². The fourth-order valence-corrected chi connectivity index (χ4v) is 3.23. The van der Waals surface area contributed by atoms with E-state index in [-0.39, 0.29) is 36.7 Å². The molecule has 1 saturated heterocycles. The lowest BCUT2D eigenvalue weighted by Gasteiger charge is -2.15. The SMILES string of the molecule is CCc1c(C(=O)N2CCC(C(=O)O)C2)nnn1-c1ccc(OC(C)C)cc1.Cl. The molecule has 3 rings (SSSR count). The molecule has 9 heteroatoms. The number of hydrogen-bond acceptors (Lipinski definition) is 5. The van der Waals surface area contributed by atoms with Crippen LogP contribution in [0.5, 0.6) is 5.75 Å². The first-order valence-electron chi connectivity index (χ1n) is 9.14. The predicted octanol–water partition coefficient (Wildman–Crippen LogP) is 2.59. The molecular formula is C19H25ClN4O4. The largest absolute Gasteiger partial charge is 0.491 e. The molecule has 1 aromatic carbocycles. The maximum atomic E-state index is 12.8. The van der Waals surface area contributed by atoms with Gasteiger partial charge in [0.25, 0.3) is 5.91 Å². The fraction of sp³-hybridized carbons (Fsp3) is 0.474.